The second kappa shape index (κ2) is 7.93. The molecule has 0 saturated carbocycles. The summed E-state index contributed by atoms with van der Waals surface area (Å²) in [5.41, 5.74) is 8.87. The van der Waals surface area contributed by atoms with Crippen molar-refractivity contribution in [3.63, 3.8) is 0 Å². The van der Waals surface area contributed by atoms with Crippen molar-refractivity contribution in [1.82, 2.24) is 19.1 Å². The number of nitrogens with zero attached hydrogens (tertiary/aromatic N) is 4. The van der Waals surface area contributed by atoms with E-state index in [0.29, 0.717) is 5.95 Å². The van der Waals surface area contributed by atoms with E-state index < -0.39 is 0 Å². The fraction of sp³-hybridized carbons (Fsp3) is 0. The van der Waals surface area contributed by atoms with Gasteiger partial charge in [-0.3, -0.25) is 9.13 Å². The van der Waals surface area contributed by atoms with Crippen molar-refractivity contribution in [3.8, 4) is 34.2 Å². The van der Waals surface area contributed by atoms with E-state index in [1.54, 1.807) is 0 Å². The van der Waals surface area contributed by atoms with Gasteiger partial charge >= 0.3 is 0 Å². The van der Waals surface area contributed by atoms with E-state index in [4.69, 9.17) is 9.97 Å². The van der Waals surface area contributed by atoms with Crippen LogP contribution in [0.4, 0.5) is 0 Å². The topological polar surface area (TPSA) is 35.6 Å². The molecule has 3 aromatic heterocycles. The van der Waals surface area contributed by atoms with Crippen molar-refractivity contribution in [2.75, 3.05) is 0 Å². The van der Waals surface area contributed by atoms with Crippen LogP contribution in [-0.4, -0.2) is 19.1 Å². The summed E-state index contributed by atoms with van der Waals surface area (Å²) in [5, 5.41) is 7.28. The molecule has 0 spiro atoms. The van der Waals surface area contributed by atoms with Gasteiger partial charge in [0.2, 0.25) is 5.95 Å². The zero-order chi connectivity index (χ0) is 27.4. The van der Waals surface area contributed by atoms with Crippen molar-refractivity contribution in [3.05, 3.63) is 133 Å². The van der Waals surface area contributed by atoms with Gasteiger partial charge in [-0.05, 0) is 40.6 Å². The second-order valence-electron chi connectivity index (χ2n) is 11.0. The fourth-order valence-electron chi connectivity index (χ4n) is 7.18. The number of para-hydroxylation sites is 4. The monoisotopic (exact) mass is 534 g/mol. The molecule has 6 aromatic carbocycles. The molecule has 1 aliphatic carbocycles. The summed E-state index contributed by atoms with van der Waals surface area (Å²) in [6.45, 7) is 0. The predicted molar refractivity (Wildman–Crippen MR) is 173 cm³/mol. The normalized spacial score (nSPS) is 12.3. The molecular formula is C38H22N4. The highest BCUT2D eigenvalue weighted by Crippen LogP contribution is 2.49. The molecule has 0 atom stereocenters. The first-order chi connectivity index (χ1) is 20.9. The Labute approximate surface area is 240 Å². The van der Waals surface area contributed by atoms with Crippen LogP contribution in [0.25, 0.3) is 88.5 Å². The summed E-state index contributed by atoms with van der Waals surface area (Å²) >= 11 is 0. The van der Waals surface area contributed by atoms with Gasteiger partial charge in [0, 0.05) is 27.1 Å². The van der Waals surface area contributed by atoms with Crippen molar-refractivity contribution < 1.29 is 0 Å². The van der Waals surface area contributed by atoms with E-state index >= 15 is 0 Å². The fourth-order valence-corrected chi connectivity index (χ4v) is 7.18. The average Bonchev–Trinajstić information content (AvgIpc) is 3.68. The van der Waals surface area contributed by atoms with Crippen LogP contribution in [0.1, 0.15) is 0 Å². The molecule has 0 saturated heterocycles. The summed E-state index contributed by atoms with van der Waals surface area (Å²) in [4.78, 5) is 10.9. The maximum atomic E-state index is 5.51. The lowest BCUT2D eigenvalue weighted by Gasteiger charge is -2.16. The van der Waals surface area contributed by atoms with Gasteiger partial charge in [-0.1, -0.05) is 109 Å². The molecule has 0 radical (unpaired) electrons. The van der Waals surface area contributed by atoms with Crippen LogP contribution in [-0.2, 0) is 0 Å². The van der Waals surface area contributed by atoms with Gasteiger partial charge in [-0.15, -0.1) is 0 Å². The first kappa shape index (κ1) is 22.0. The van der Waals surface area contributed by atoms with E-state index in [1.165, 1.54) is 37.9 Å². The lowest BCUT2D eigenvalue weighted by molar-refractivity contribution is 0.957. The van der Waals surface area contributed by atoms with Gasteiger partial charge in [0.15, 0.2) is 5.82 Å². The Morgan fingerprint density at radius 2 is 0.881 bits per heavy atom. The third-order valence-corrected chi connectivity index (χ3v) is 8.88. The number of benzene rings is 6. The lowest BCUT2D eigenvalue weighted by Crippen LogP contribution is -2.08. The molecule has 194 valence electrons. The van der Waals surface area contributed by atoms with E-state index in [-0.39, 0.29) is 0 Å². The van der Waals surface area contributed by atoms with Crippen LogP contribution >= 0.6 is 0 Å². The molecule has 0 N–H and O–H groups in total. The second-order valence-corrected chi connectivity index (χ2v) is 11.0. The maximum Gasteiger partial charge on any atom is 0.237 e. The summed E-state index contributed by atoms with van der Waals surface area (Å²) in [5.74, 6) is 1.57. The minimum atomic E-state index is 0.674. The predicted octanol–water partition coefficient (Wildman–Crippen LogP) is 9.47. The highest BCUT2D eigenvalue weighted by atomic mass is 15.2. The standard InChI is InChI=1S/C38H22N4/c1-5-19-30-24(13-1)25-14-2-6-20-31(25)41(30)37-35-28-17-9-11-23-12-10-18-29(34(23)28)36(35)39-38(40-37)42-32-21-7-3-15-26(32)27-16-4-8-22-33(27)42/h1-22H. The van der Waals surface area contributed by atoms with Crippen molar-refractivity contribution >= 4 is 54.4 Å². The van der Waals surface area contributed by atoms with Crippen molar-refractivity contribution in [2.45, 2.75) is 0 Å². The Morgan fingerprint density at radius 3 is 1.43 bits per heavy atom. The number of aromatic nitrogens is 4. The molecule has 1 aliphatic rings. The highest BCUT2D eigenvalue weighted by Gasteiger charge is 2.30. The first-order valence-corrected chi connectivity index (χ1v) is 14.3. The first-order valence-electron chi connectivity index (χ1n) is 14.3. The van der Waals surface area contributed by atoms with E-state index in [0.717, 1.165) is 44.7 Å². The molecule has 42 heavy (non-hydrogen) atoms. The highest BCUT2D eigenvalue weighted by molar-refractivity contribution is 6.17. The third-order valence-electron chi connectivity index (χ3n) is 8.88. The number of fused-ring (bicyclic) bond motifs is 9. The molecule has 3 heterocycles. The summed E-state index contributed by atoms with van der Waals surface area (Å²) in [6.07, 6.45) is 0. The molecular weight excluding hydrogens is 512 g/mol. The molecule has 0 aliphatic heterocycles. The Hall–Kier alpha value is -5.74. The minimum Gasteiger partial charge on any atom is -0.293 e. The van der Waals surface area contributed by atoms with Gasteiger partial charge in [-0.2, -0.15) is 4.98 Å². The van der Waals surface area contributed by atoms with Crippen LogP contribution in [0.5, 0.6) is 0 Å². The van der Waals surface area contributed by atoms with Crippen LogP contribution < -0.4 is 0 Å². The van der Waals surface area contributed by atoms with Crippen molar-refractivity contribution in [2.24, 2.45) is 0 Å². The Kier molecular flexibility index (Phi) is 4.15. The van der Waals surface area contributed by atoms with Gasteiger partial charge in [0.1, 0.15) is 0 Å². The third kappa shape index (κ3) is 2.71. The van der Waals surface area contributed by atoms with Gasteiger partial charge in [0.05, 0.1) is 33.3 Å². The average molecular weight is 535 g/mol. The molecule has 9 aromatic rings. The smallest absolute Gasteiger partial charge is 0.237 e. The SMILES string of the molecule is c1cc2c3c(cccc3c1)-c1c-2nc(-n2c3ccccc3c3ccccc32)nc1-n1c2ccccc2c2ccccc21. The zero-order valence-corrected chi connectivity index (χ0v) is 22.5. The van der Waals surface area contributed by atoms with Crippen LogP contribution in [0.15, 0.2) is 133 Å². The Bertz CT molecular complexity index is 2470. The van der Waals surface area contributed by atoms with Crippen LogP contribution in [0, 0.1) is 0 Å². The number of rotatable bonds is 2. The minimum absolute atomic E-state index is 0.674. The van der Waals surface area contributed by atoms with Crippen molar-refractivity contribution in [1.29, 1.82) is 0 Å². The van der Waals surface area contributed by atoms with E-state index in [2.05, 4.69) is 143 Å². The summed E-state index contributed by atoms with van der Waals surface area (Å²) in [7, 11) is 0. The molecule has 0 amide bonds. The molecule has 10 rings (SSSR count). The van der Waals surface area contributed by atoms with Gasteiger partial charge in [-0.25, -0.2) is 4.98 Å². The molecule has 0 unspecified atom stereocenters. The quantitative estimate of drug-likeness (QED) is 0.221. The maximum absolute atomic E-state index is 5.51. The zero-order valence-electron chi connectivity index (χ0n) is 22.5. The van der Waals surface area contributed by atoms with Gasteiger partial charge < -0.3 is 0 Å². The molecule has 0 bridgehead atoms. The lowest BCUT2D eigenvalue weighted by atomic mass is 10.0. The number of hydrogen-bond donors (Lipinski definition) is 0. The Morgan fingerprint density at radius 1 is 0.405 bits per heavy atom. The van der Waals surface area contributed by atoms with E-state index in [1.807, 2.05) is 0 Å². The van der Waals surface area contributed by atoms with E-state index in [9.17, 15) is 0 Å². The molecule has 4 nitrogen and oxygen atoms in total. The summed E-state index contributed by atoms with van der Waals surface area (Å²) in [6, 6.07) is 47.5. The Balaban J connectivity index is 1.42. The molecule has 0 fully saturated rings. The van der Waals surface area contributed by atoms with Gasteiger partial charge in [0.25, 0.3) is 0 Å². The summed E-state index contributed by atoms with van der Waals surface area (Å²) < 4.78 is 4.57. The largest absolute Gasteiger partial charge is 0.293 e. The molecule has 4 heteroatoms. The van der Waals surface area contributed by atoms with Crippen LogP contribution in [0.3, 0.4) is 0 Å². The van der Waals surface area contributed by atoms with Crippen LogP contribution in [0.2, 0.25) is 0 Å². The number of hydrogen-bond acceptors (Lipinski definition) is 2.